The lowest BCUT2D eigenvalue weighted by Gasteiger charge is -2.56. The van der Waals surface area contributed by atoms with Crippen LogP contribution in [0.4, 0.5) is 5.69 Å². The van der Waals surface area contributed by atoms with E-state index < -0.39 is 0 Å². The van der Waals surface area contributed by atoms with Crippen LogP contribution in [0.2, 0.25) is 5.02 Å². The number of halogens is 1. The van der Waals surface area contributed by atoms with E-state index in [0.717, 1.165) is 31.0 Å². The quantitative estimate of drug-likeness (QED) is 0.811. The van der Waals surface area contributed by atoms with E-state index in [4.69, 9.17) is 16.1 Å². The monoisotopic (exact) mass is 364 g/mol. The summed E-state index contributed by atoms with van der Waals surface area (Å²) in [6.07, 6.45) is 2.81. The van der Waals surface area contributed by atoms with Crippen molar-refractivity contribution in [3.63, 3.8) is 0 Å². The first-order valence-electron chi connectivity index (χ1n) is 8.49. The van der Waals surface area contributed by atoms with Crippen LogP contribution in [0.5, 0.6) is 0 Å². The van der Waals surface area contributed by atoms with Crippen LogP contribution >= 0.6 is 11.6 Å². The lowest BCUT2D eigenvalue weighted by Crippen LogP contribution is -2.68. The minimum absolute atomic E-state index is 0.240. The predicted octanol–water partition coefficient (Wildman–Crippen LogP) is 1.40. The third-order valence-corrected chi connectivity index (χ3v) is 5.42. The minimum Gasteiger partial charge on any atom is -0.366 e. The summed E-state index contributed by atoms with van der Waals surface area (Å²) >= 11 is 6.23. The molecule has 0 spiro atoms. The number of anilines is 1. The van der Waals surface area contributed by atoms with E-state index in [1.54, 1.807) is 13.2 Å². The molecule has 2 unspecified atom stereocenters. The Kier molecular flexibility index (Phi) is 4.04. The molecule has 134 valence electrons. The van der Waals surface area contributed by atoms with Crippen molar-refractivity contribution in [1.82, 2.24) is 24.8 Å². The van der Waals surface area contributed by atoms with Crippen LogP contribution in [0, 0.1) is 0 Å². The van der Waals surface area contributed by atoms with E-state index in [9.17, 15) is 4.79 Å². The van der Waals surface area contributed by atoms with Crippen molar-refractivity contribution in [3.05, 3.63) is 33.3 Å². The summed E-state index contributed by atoms with van der Waals surface area (Å²) in [4.78, 5) is 21.0. The second-order valence-corrected chi connectivity index (χ2v) is 7.47. The summed E-state index contributed by atoms with van der Waals surface area (Å²) < 4.78 is 6.62. The van der Waals surface area contributed by atoms with Crippen molar-refractivity contribution in [3.8, 4) is 0 Å². The normalized spacial score (nSPS) is 23.2. The highest BCUT2D eigenvalue weighted by atomic mass is 35.5. The average Bonchev–Trinajstić information content (AvgIpc) is 3.07. The first-order valence-corrected chi connectivity index (χ1v) is 8.86. The van der Waals surface area contributed by atoms with Crippen LogP contribution in [0.1, 0.15) is 37.9 Å². The smallest absolute Gasteiger partial charge is 0.287 e. The molecule has 8 nitrogen and oxygen atoms in total. The fraction of sp³-hybridized carbons (Fsp3) is 0.625. The van der Waals surface area contributed by atoms with Gasteiger partial charge in [0, 0.05) is 38.1 Å². The molecular formula is C16H21ClN6O2. The van der Waals surface area contributed by atoms with Crippen molar-refractivity contribution in [2.24, 2.45) is 7.05 Å². The third kappa shape index (κ3) is 2.83. The second kappa shape index (κ2) is 6.10. The molecule has 3 saturated heterocycles. The lowest BCUT2D eigenvalue weighted by molar-refractivity contribution is -0.0160. The highest BCUT2D eigenvalue weighted by Crippen LogP contribution is 2.36. The van der Waals surface area contributed by atoms with Gasteiger partial charge in [0.15, 0.2) is 5.82 Å². The number of hydrogen-bond donors (Lipinski definition) is 0. The number of hydrogen-bond acceptors (Lipinski definition) is 7. The molecule has 3 aliphatic rings. The molecule has 0 N–H and O–H groups in total. The Morgan fingerprint density at radius 3 is 2.72 bits per heavy atom. The van der Waals surface area contributed by atoms with Crippen molar-refractivity contribution in [2.45, 2.75) is 44.8 Å². The van der Waals surface area contributed by atoms with Gasteiger partial charge in [0.25, 0.3) is 5.56 Å². The lowest BCUT2D eigenvalue weighted by atomic mass is 9.87. The summed E-state index contributed by atoms with van der Waals surface area (Å²) in [7, 11) is 1.60. The maximum absolute atomic E-state index is 12.0. The fourth-order valence-electron chi connectivity index (χ4n) is 3.59. The summed E-state index contributed by atoms with van der Waals surface area (Å²) in [5.41, 5.74) is 0.460. The van der Waals surface area contributed by atoms with Gasteiger partial charge in [-0.15, -0.1) is 0 Å². The van der Waals surface area contributed by atoms with E-state index >= 15 is 0 Å². The Morgan fingerprint density at radius 1 is 1.36 bits per heavy atom. The summed E-state index contributed by atoms with van der Waals surface area (Å²) in [6.45, 7) is 6.40. The van der Waals surface area contributed by atoms with E-state index in [1.807, 2.05) is 13.8 Å². The van der Waals surface area contributed by atoms with Crippen molar-refractivity contribution in [2.75, 3.05) is 18.0 Å². The molecule has 3 aliphatic heterocycles. The zero-order valence-corrected chi connectivity index (χ0v) is 15.3. The number of piperazine rings is 1. The highest BCUT2D eigenvalue weighted by Gasteiger charge is 2.45. The van der Waals surface area contributed by atoms with Crippen LogP contribution < -0.4 is 10.5 Å². The SMILES string of the molecule is CC(C)c1noc(CN2C3CC2CN(c2cnn(C)c(=O)c2Cl)C3)n1. The number of nitrogens with zero attached hydrogens (tertiary/aromatic N) is 6. The summed E-state index contributed by atoms with van der Waals surface area (Å²) in [6, 6.07) is 0.793. The van der Waals surface area contributed by atoms with Crippen LogP contribution in [-0.4, -0.2) is 50.0 Å². The first kappa shape index (κ1) is 16.5. The number of rotatable bonds is 4. The van der Waals surface area contributed by atoms with Gasteiger partial charge in [-0.3, -0.25) is 9.69 Å². The zero-order chi connectivity index (χ0) is 17.7. The molecular weight excluding hydrogens is 344 g/mol. The predicted molar refractivity (Wildman–Crippen MR) is 92.8 cm³/mol. The molecule has 0 aliphatic carbocycles. The molecule has 9 heteroatoms. The molecule has 25 heavy (non-hydrogen) atoms. The van der Waals surface area contributed by atoms with Gasteiger partial charge < -0.3 is 9.42 Å². The number of piperidine rings is 1. The highest BCUT2D eigenvalue weighted by molar-refractivity contribution is 6.33. The molecule has 2 bridgehead atoms. The number of aromatic nitrogens is 4. The maximum Gasteiger partial charge on any atom is 0.287 e. The third-order valence-electron chi connectivity index (χ3n) is 5.06. The molecule has 5 heterocycles. The fourth-order valence-corrected chi connectivity index (χ4v) is 3.88. The van der Waals surface area contributed by atoms with Gasteiger partial charge >= 0.3 is 0 Å². The van der Waals surface area contributed by atoms with Crippen LogP contribution in [0.15, 0.2) is 15.5 Å². The Labute approximate surface area is 150 Å². The molecule has 0 saturated carbocycles. The van der Waals surface area contributed by atoms with Gasteiger partial charge in [0.05, 0.1) is 18.4 Å². The molecule has 2 aromatic rings. The Balaban J connectivity index is 1.45. The van der Waals surface area contributed by atoms with Crippen molar-refractivity contribution >= 4 is 17.3 Å². The number of aryl methyl sites for hydroxylation is 1. The summed E-state index contributed by atoms with van der Waals surface area (Å²) in [5.74, 6) is 1.68. The van der Waals surface area contributed by atoms with Crippen LogP contribution in [-0.2, 0) is 13.6 Å². The molecule has 2 atom stereocenters. The molecule has 2 aromatic heterocycles. The van der Waals surface area contributed by atoms with Crippen LogP contribution in [0.3, 0.4) is 0 Å². The Bertz CT molecular complexity index is 835. The molecule has 0 amide bonds. The largest absolute Gasteiger partial charge is 0.366 e. The molecule has 0 radical (unpaired) electrons. The van der Waals surface area contributed by atoms with Gasteiger partial charge in [-0.2, -0.15) is 10.1 Å². The standard InChI is InChI=1S/C16H21ClN6O2/c1-9(2)15-19-13(25-20-15)8-23-10-4-11(23)7-22(6-10)12-5-18-21(3)16(24)14(12)17/h5,9-11H,4,6-8H2,1-3H3. The van der Waals surface area contributed by atoms with Gasteiger partial charge in [0.2, 0.25) is 5.89 Å². The number of fused-ring (bicyclic) bond motifs is 2. The van der Waals surface area contributed by atoms with E-state index in [-0.39, 0.29) is 16.5 Å². The molecule has 5 rings (SSSR count). The second-order valence-electron chi connectivity index (χ2n) is 7.09. The Hall–Kier alpha value is -1.93. The van der Waals surface area contributed by atoms with Crippen LogP contribution in [0.25, 0.3) is 0 Å². The Morgan fingerprint density at radius 2 is 2.08 bits per heavy atom. The molecule has 3 fully saturated rings. The van der Waals surface area contributed by atoms with Crippen molar-refractivity contribution in [1.29, 1.82) is 0 Å². The average molecular weight is 365 g/mol. The van der Waals surface area contributed by atoms with Crippen molar-refractivity contribution < 1.29 is 4.52 Å². The van der Waals surface area contributed by atoms with Gasteiger partial charge in [0.1, 0.15) is 5.02 Å². The first-order chi connectivity index (χ1) is 11.9. The summed E-state index contributed by atoms with van der Waals surface area (Å²) in [5, 5.41) is 8.36. The van der Waals surface area contributed by atoms with E-state index in [0.29, 0.717) is 24.5 Å². The van der Waals surface area contributed by atoms with Gasteiger partial charge in [-0.1, -0.05) is 30.6 Å². The minimum atomic E-state index is -0.262. The maximum atomic E-state index is 12.0. The topological polar surface area (TPSA) is 80.3 Å². The van der Waals surface area contributed by atoms with Gasteiger partial charge in [-0.05, 0) is 6.42 Å². The zero-order valence-electron chi connectivity index (χ0n) is 14.5. The molecule has 0 aromatic carbocycles. The van der Waals surface area contributed by atoms with E-state index in [1.165, 1.54) is 4.68 Å². The van der Waals surface area contributed by atoms with E-state index in [2.05, 4.69) is 25.0 Å². The van der Waals surface area contributed by atoms with Gasteiger partial charge in [-0.25, -0.2) is 4.68 Å².